The zero-order valence-corrected chi connectivity index (χ0v) is 10.3. The van der Waals surface area contributed by atoms with Crippen LogP contribution in [-0.2, 0) is 16.4 Å². The molecule has 1 aliphatic heterocycles. The van der Waals surface area contributed by atoms with E-state index in [1.807, 2.05) is 10.8 Å². The summed E-state index contributed by atoms with van der Waals surface area (Å²) in [6.07, 6.45) is 5.46. The third kappa shape index (κ3) is 3.52. The highest BCUT2D eigenvalue weighted by atomic mass is 32.2. The molecule has 0 unspecified atom stereocenters. The molecular formula is C10H17N3O3S. The normalized spacial score (nSPS) is 27.4. The van der Waals surface area contributed by atoms with Crippen LogP contribution in [0.2, 0.25) is 0 Å². The second-order valence-electron chi connectivity index (χ2n) is 4.36. The van der Waals surface area contributed by atoms with Gasteiger partial charge in [0.25, 0.3) is 0 Å². The Balaban J connectivity index is 1.69. The quantitative estimate of drug-likeness (QED) is 0.664. The summed E-state index contributed by atoms with van der Waals surface area (Å²) >= 11 is 0. The Hall–Kier alpha value is -0.920. The fraction of sp³-hybridized carbons (Fsp3) is 0.700. The molecule has 1 aromatic heterocycles. The Morgan fingerprint density at radius 2 is 2.29 bits per heavy atom. The summed E-state index contributed by atoms with van der Waals surface area (Å²) in [5, 5.41) is 12.6. The number of imidazole rings is 1. The second kappa shape index (κ2) is 5.16. The Morgan fingerprint density at radius 3 is 2.88 bits per heavy atom. The van der Waals surface area contributed by atoms with Gasteiger partial charge in [-0.25, -0.2) is 13.4 Å². The molecule has 0 aliphatic carbocycles. The largest absolute Gasteiger partial charge is 0.390 e. The second-order valence-corrected chi connectivity index (χ2v) is 6.51. The molecule has 2 heterocycles. The van der Waals surface area contributed by atoms with Crippen LogP contribution in [0.3, 0.4) is 0 Å². The van der Waals surface area contributed by atoms with Gasteiger partial charge in [-0.05, 0) is 13.0 Å². The predicted octanol–water partition coefficient (Wildman–Crippen LogP) is -0.979. The van der Waals surface area contributed by atoms with E-state index >= 15 is 0 Å². The van der Waals surface area contributed by atoms with E-state index in [9.17, 15) is 13.5 Å². The van der Waals surface area contributed by atoms with Crippen molar-refractivity contribution in [2.75, 3.05) is 18.1 Å². The highest BCUT2D eigenvalue weighted by Crippen LogP contribution is 2.12. The third-order valence-corrected chi connectivity index (χ3v) is 4.60. The van der Waals surface area contributed by atoms with E-state index in [4.69, 9.17) is 0 Å². The molecule has 6 nitrogen and oxygen atoms in total. The fourth-order valence-electron chi connectivity index (χ4n) is 1.99. The minimum Gasteiger partial charge on any atom is -0.390 e. The molecule has 0 bridgehead atoms. The molecule has 2 N–H and O–H groups in total. The summed E-state index contributed by atoms with van der Waals surface area (Å²) in [4.78, 5) is 3.93. The number of aliphatic hydroxyl groups is 1. The average Bonchev–Trinajstić information content (AvgIpc) is 2.81. The first-order chi connectivity index (χ1) is 8.07. The lowest BCUT2D eigenvalue weighted by molar-refractivity contribution is 0.166. The van der Waals surface area contributed by atoms with Crippen molar-refractivity contribution in [1.29, 1.82) is 0 Å². The first-order valence-electron chi connectivity index (χ1n) is 5.64. The summed E-state index contributed by atoms with van der Waals surface area (Å²) in [5.41, 5.74) is 0. The maximum atomic E-state index is 11.3. The van der Waals surface area contributed by atoms with Crippen molar-refractivity contribution in [3.05, 3.63) is 18.7 Å². The number of sulfone groups is 1. The van der Waals surface area contributed by atoms with Crippen LogP contribution in [0, 0.1) is 0 Å². The van der Waals surface area contributed by atoms with Gasteiger partial charge in [-0.2, -0.15) is 0 Å². The predicted molar refractivity (Wildman–Crippen MR) is 63.3 cm³/mol. The van der Waals surface area contributed by atoms with Gasteiger partial charge in [0.1, 0.15) is 0 Å². The number of aryl methyl sites for hydroxylation is 1. The van der Waals surface area contributed by atoms with Crippen molar-refractivity contribution in [3.8, 4) is 0 Å². The molecular weight excluding hydrogens is 242 g/mol. The van der Waals surface area contributed by atoms with Crippen molar-refractivity contribution in [1.82, 2.24) is 14.9 Å². The number of hydrogen-bond acceptors (Lipinski definition) is 5. The standard InChI is InChI=1S/C10H17N3O3S/c14-10-7-17(15,16)6-9(10)12-2-1-4-13-5-3-11-8-13/h3,5,8-10,12,14H,1-2,4,6-7H2/t9-,10-/m1/s1. The Morgan fingerprint density at radius 1 is 1.47 bits per heavy atom. The van der Waals surface area contributed by atoms with Crippen LogP contribution in [-0.4, -0.2) is 53.3 Å². The lowest BCUT2D eigenvalue weighted by Gasteiger charge is -2.14. The molecule has 1 aliphatic rings. The zero-order chi connectivity index (χ0) is 12.3. The van der Waals surface area contributed by atoms with Crippen LogP contribution in [0.4, 0.5) is 0 Å². The first-order valence-corrected chi connectivity index (χ1v) is 7.46. The number of rotatable bonds is 5. The van der Waals surface area contributed by atoms with Crippen LogP contribution in [0.5, 0.6) is 0 Å². The van der Waals surface area contributed by atoms with Crippen LogP contribution < -0.4 is 5.32 Å². The number of aliphatic hydroxyl groups excluding tert-OH is 1. The summed E-state index contributed by atoms with van der Waals surface area (Å²) in [5.74, 6) is -0.0779. The molecule has 2 rings (SSSR count). The van der Waals surface area contributed by atoms with Gasteiger partial charge in [0.2, 0.25) is 0 Å². The Bertz CT molecular complexity index is 443. The highest BCUT2D eigenvalue weighted by Gasteiger charge is 2.35. The lowest BCUT2D eigenvalue weighted by atomic mass is 10.2. The Kier molecular flexibility index (Phi) is 3.80. The zero-order valence-electron chi connectivity index (χ0n) is 9.49. The molecule has 0 amide bonds. The van der Waals surface area contributed by atoms with E-state index in [2.05, 4.69) is 10.3 Å². The van der Waals surface area contributed by atoms with Crippen molar-refractivity contribution < 1.29 is 13.5 Å². The minimum atomic E-state index is -3.05. The molecule has 96 valence electrons. The van der Waals surface area contributed by atoms with Gasteiger partial charge in [-0.15, -0.1) is 0 Å². The number of aromatic nitrogens is 2. The molecule has 0 saturated carbocycles. The number of nitrogens with zero attached hydrogens (tertiary/aromatic N) is 2. The maximum absolute atomic E-state index is 11.3. The topological polar surface area (TPSA) is 84.2 Å². The molecule has 0 radical (unpaired) electrons. The molecule has 0 aromatic carbocycles. The summed E-state index contributed by atoms with van der Waals surface area (Å²) in [6.45, 7) is 1.53. The van der Waals surface area contributed by atoms with Crippen molar-refractivity contribution in [2.24, 2.45) is 0 Å². The van der Waals surface area contributed by atoms with Gasteiger partial charge in [-0.3, -0.25) is 0 Å². The summed E-state index contributed by atoms with van der Waals surface area (Å²) in [6, 6.07) is -0.317. The van der Waals surface area contributed by atoms with Gasteiger partial charge in [0.05, 0.1) is 23.9 Å². The lowest BCUT2D eigenvalue weighted by Crippen LogP contribution is -2.39. The van der Waals surface area contributed by atoms with E-state index in [0.717, 1.165) is 13.0 Å². The van der Waals surface area contributed by atoms with Gasteiger partial charge in [0, 0.05) is 25.0 Å². The van der Waals surface area contributed by atoms with Gasteiger partial charge < -0.3 is 15.0 Å². The van der Waals surface area contributed by atoms with Crippen molar-refractivity contribution >= 4 is 9.84 Å². The van der Waals surface area contributed by atoms with E-state index < -0.39 is 15.9 Å². The van der Waals surface area contributed by atoms with E-state index in [0.29, 0.717) is 6.54 Å². The summed E-state index contributed by atoms with van der Waals surface area (Å²) in [7, 11) is -3.05. The van der Waals surface area contributed by atoms with Crippen LogP contribution in [0.25, 0.3) is 0 Å². The summed E-state index contributed by atoms with van der Waals surface area (Å²) < 4.78 is 24.5. The van der Waals surface area contributed by atoms with Gasteiger partial charge in [-0.1, -0.05) is 0 Å². The van der Waals surface area contributed by atoms with E-state index in [1.165, 1.54) is 0 Å². The monoisotopic (exact) mass is 259 g/mol. The van der Waals surface area contributed by atoms with Gasteiger partial charge >= 0.3 is 0 Å². The van der Waals surface area contributed by atoms with Crippen molar-refractivity contribution in [2.45, 2.75) is 25.1 Å². The number of nitrogens with one attached hydrogen (secondary N) is 1. The maximum Gasteiger partial charge on any atom is 0.154 e. The van der Waals surface area contributed by atoms with Crippen LogP contribution >= 0.6 is 0 Å². The van der Waals surface area contributed by atoms with Gasteiger partial charge in [0.15, 0.2) is 9.84 Å². The molecule has 0 spiro atoms. The first kappa shape index (κ1) is 12.5. The van der Waals surface area contributed by atoms with Crippen LogP contribution in [0.15, 0.2) is 18.7 Å². The SMILES string of the molecule is O=S1(=O)C[C@@H](O)[C@H](NCCCn2ccnc2)C1. The van der Waals surface area contributed by atoms with E-state index in [-0.39, 0.29) is 17.5 Å². The fourth-order valence-corrected chi connectivity index (χ4v) is 3.77. The van der Waals surface area contributed by atoms with Crippen molar-refractivity contribution in [3.63, 3.8) is 0 Å². The third-order valence-electron chi connectivity index (χ3n) is 2.88. The minimum absolute atomic E-state index is 0.0409. The highest BCUT2D eigenvalue weighted by molar-refractivity contribution is 7.91. The molecule has 2 atom stereocenters. The van der Waals surface area contributed by atoms with Crippen LogP contribution in [0.1, 0.15) is 6.42 Å². The number of hydrogen-bond donors (Lipinski definition) is 2. The average molecular weight is 259 g/mol. The molecule has 1 fully saturated rings. The molecule has 1 aromatic rings. The Labute approximate surface area is 101 Å². The molecule has 1 saturated heterocycles. The molecule has 7 heteroatoms. The smallest absolute Gasteiger partial charge is 0.154 e. The molecule has 17 heavy (non-hydrogen) atoms. The van der Waals surface area contributed by atoms with E-state index in [1.54, 1.807) is 12.5 Å².